The summed E-state index contributed by atoms with van der Waals surface area (Å²) >= 11 is 0. The summed E-state index contributed by atoms with van der Waals surface area (Å²) in [6.07, 6.45) is -4.30. The number of halogens is 3. The van der Waals surface area contributed by atoms with Gasteiger partial charge in [0.1, 0.15) is 0 Å². The molecule has 0 amide bonds. The fourth-order valence-corrected chi connectivity index (χ4v) is 1.93. The number of hydrogen-bond acceptors (Lipinski definition) is 2. The van der Waals surface area contributed by atoms with Gasteiger partial charge in [0.2, 0.25) is 0 Å². The number of aliphatic imine (C=N–C) groups is 1. The highest BCUT2D eigenvalue weighted by molar-refractivity contribution is 5.94. The summed E-state index contributed by atoms with van der Waals surface area (Å²) in [5.41, 5.74) is 1.47. The fraction of sp³-hybridized carbons (Fsp3) is 0.417. The average molecular weight is 242 g/mol. The molecular weight excluding hydrogens is 229 g/mol. The van der Waals surface area contributed by atoms with Gasteiger partial charge in [0.05, 0.1) is 23.5 Å². The molecule has 0 spiro atoms. The van der Waals surface area contributed by atoms with E-state index in [0.717, 1.165) is 11.8 Å². The van der Waals surface area contributed by atoms with Gasteiger partial charge in [-0.05, 0) is 32.0 Å². The minimum absolute atomic E-state index is 0.563. The predicted octanol–water partition coefficient (Wildman–Crippen LogP) is 3.64. The van der Waals surface area contributed by atoms with Crippen LogP contribution >= 0.6 is 0 Å². The Morgan fingerprint density at radius 1 is 1.35 bits per heavy atom. The molecule has 0 radical (unpaired) electrons. The number of hydrogen-bond donors (Lipinski definition) is 0. The van der Waals surface area contributed by atoms with Crippen LogP contribution in [0.25, 0.3) is 0 Å². The summed E-state index contributed by atoms with van der Waals surface area (Å²) in [5.74, 6) is 0. The summed E-state index contributed by atoms with van der Waals surface area (Å²) in [4.78, 5) is 6.17. The Hall–Kier alpha value is -1.52. The standard InChI is InChI=1S/C12H13F3N2/c1-3-17-7-8(2)16-10-5-4-9(6-11(10)17)12(13,14)15/h4-6H,3,7H2,1-2H3. The zero-order valence-electron chi connectivity index (χ0n) is 9.67. The van der Waals surface area contributed by atoms with Crippen LogP contribution in [0.4, 0.5) is 24.5 Å². The molecule has 2 nitrogen and oxygen atoms in total. The second-order valence-electron chi connectivity index (χ2n) is 4.06. The largest absolute Gasteiger partial charge is 0.416 e. The van der Waals surface area contributed by atoms with Crippen LogP contribution in [0.2, 0.25) is 0 Å². The van der Waals surface area contributed by atoms with Crippen molar-refractivity contribution in [3.63, 3.8) is 0 Å². The van der Waals surface area contributed by atoms with Crippen LogP contribution in [-0.4, -0.2) is 18.8 Å². The molecule has 17 heavy (non-hydrogen) atoms. The molecule has 0 fully saturated rings. The van der Waals surface area contributed by atoms with Crippen molar-refractivity contribution in [2.75, 3.05) is 18.0 Å². The van der Waals surface area contributed by atoms with E-state index in [1.54, 1.807) is 0 Å². The van der Waals surface area contributed by atoms with Gasteiger partial charge >= 0.3 is 6.18 Å². The van der Waals surface area contributed by atoms with E-state index in [9.17, 15) is 13.2 Å². The molecule has 0 aromatic heterocycles. The topological polar surface area (TPSA) is 15.6 Å². The van der Waals surface area contributed by atoms with E-state index in [0.29, 0.717) is 24.5 Å². The third-order valence-corrected chi connectivity index (χ3v) is 2.76. The molecule has 0 unspecified atom stereocenters. The number of nitrogens with zero attached hydrogens (tertiary/aromatic N) is 2. The normalized spacial score (nSPS) is 15.6. The summed E-state index contributed by atoms with van der Waals surface area (Å²) < 4.78 is 37.8. The molecule has 5 heteroatoms. The second kappa shape index (κ2) is 4.05. The fourth-order valence-electron chi connectivity index (χ4n) is 1.93. The number of fused-ring (bicyclic) bond motifs is 1. The highest BCUT2D eigenvalue weighted by Crippen LogP contribution is 2.38. The summed E-state index contributed by atoms with van der Waals surface area (Å²) in [7, 11) is 0. The monoisotopic (exact) mass is 242 g/mol. The lowest BCUT2D eigenvalue weighted by molar-refractivity contribution is -0.137. The number of anilines is 1. The predicted molar refractivity (Wildman–Crippen MR) is 62.1 cm³/mol. The molecule has 2 rings (SSSR count). The molecular formula is C12H13F3N2. The van der Waals surface area contributed by atoms with E-state index in [4.69, 9.17) is 0 Å². The van der Waals surface area contributed by atoms with Crippen LogP contribution in [0.15, 0.2) is 23.2 Å². The van der Waals surface area contributed by atoms with Crippen LogP contribution in [0.1, 0.15) is 19.4 Å². The first-order valence-corrected chi connectivity index (χ1v) is 5.42. The number of rotatable bonds is 1. The molecule has 0 saturated carbocycles. The molecule has 1 aromatic rings. The van der Waals surface area contributed by atoms with Crippen LogP contribution in [0.3, 0.4) is 0 Å². The second-order valence-corrected chi connectivity index (χ2v) is 4.06. The Morgan fingerprint density at radius 3 is 2.65 bits per heavy atom. The van der Waals surface area contributed by atoms with Gasteiger partial charge < -0.3 is 4.90 Å². The van der Waals surface area contributed by atoms with Gasteiger partial charge in [0.25, 0.3) is 0 Å². The Kier molecular flexibility index (Phi) is 2.85. The lowest BCUT2D eigenvalue weighted by Gasteiger charge is -2.29. The van der Waals surface area contributed by atoms with E-state index in [2.05, 4.69) is 4.99 Å². The van der Waals surface area contributed by atoms with Crippen molar-refractivity contribution in [1.29, 1.82) is 0 Å². The minimum Gasteiger partial charge on any atom is -0.365 e. The van der Waals surface area contributed by atoms with E-state index in [1.807, 2.05) is 18.7 Å². The van der Waals surface area contributed by atoms with Crippen molar-refractivity contribution in [2.24, 2.45) is 4.99 Å². The van der Waals surface area contributed by atoms with Crippen LogP contribution < -0.4 is 4.90 Å². The Balaban J connectivity index is 2.51. The van der Waals surface area contributed by atoms with Crippen LogP contribution in [-0.2, 0) is 6.18 Å². The molecule has 0 saturated heterocycles. The van der Waals surface area contributed by atoms with E-state index < -0.39 is 11.7 Å². The average Bonchev–Trinajstić information content (AvgIpc) is 2.25. The third kappa shape index (κ3) is 2.28. The highest BCUT2D eigenvalue weighted by Gasteiger charge is 2.32. The van der Waals surface area contributed by atoms with E-state index in [1.165, 1.54) is 12.1 Å². The molecule has 0 bridgehead atoms. The van der Waals surface area contributed by atoms with Crippen molar-refractivity contribution in [2.45, 2.75) is 20.0 Å². The lowest BCUT2D eigenvalue weighted by Crippen LogP contribution is -2.31. The minimum atomic E-state index is -4.30. The first-order chi connectivity index (χ1) is 7.91. The van der Waals surface area contributed by atoms with Crippen molar-refractivity contribution in [1.82, 2.24) is 0 Å². The zero-order valence-corrected chi connectivity index (χ0v) is 9.67. The highest BCUT2D eigenvalue weighted by atomic mass is 19.4. The van der Waals surface area contributed by atoms with Gasteiger partial charge in [-0.15, -0.1) is 0 Å². The molecule has 0 aliphatic carbocycles. The van der Waals surface area contributed by atoms with E-state index in [-0.39, 0.29) is 0 Å². The van der Waals surface area contributed by atoms with Gasteiger partial charge in [-0.25, -0.2) is 0 Å². The smallest absolute Gasteiger partial charge is 0.365 e. The molecule has 92 valence electrons. The number of benzene rings is 1. The Labute approximate surface area is 97.8 Å². The quantitative estimate of drug-likeness (QED) is 0.734. The van der Waals surface area contributed by atoms with Gasteiger partial charge in [0, 0.05) is 12.3 Å². The first kappa shape index (κ1) is 12.0. The van der Waals surface area contributed by atoms with Crippen molar-refractivity contribution in [3.05, 3.63) is 23.8 Å². The Bertz CT molecular complexity index is 463. The molecule has 1 aliphatic rings. The summed E-state index contributed by atoms with van der Waals surface area (Å²) in [5, 5.41) is 0. The van der Waals surface area contributed by atoms with Gasteiger partial charge in [-0.3, -0.25) is 4.99 Å². The SMILES string of the molecule is CCN1CC(C)=Nc2ccc(C(F)(F)F)cc21. The maximum absolute atomic E-state index is 12.6. The zero-order chi connectivity index (χ0) is 12.6. The summed E-state index contributed by atoms with van der Waals surface area (Å²) in [6, 6.07) is 3.69. The molecule has 0 atom stereocenters. The maximum atomic E-state index is 12.6. The number of alkyl halides is 3. The molecule has 1 heterocycles. The molecule has 1 aromatic carbocycles. The Morgan fingerprint density at radius 2 is 2.06 bits per heavy atom. The van der Waals surface area contributed by atoms with Crippen LogP contribution in [0, 0.1) is 0 Å². The van der Waals surface area contributed by atoms with Gasteiger partial charge in [-0.1, -0.05) is 0 Å². The first-order valence-electron chi connectivity index (χ1n) is 5.42. The van der Waals surface area contributed by atoms with Crippen molar-refractivity contribution in [3.8, 4) is 0 Å². The van der Waals surface area contributed by atoms with Crippen LogP contribution in [0.5, 0.6) is 0 Å². The summed E-state index contributed by atoms with van der Waals surface area (Å²) in [6.45, 7) is 5.05. The lowest BCUT2D eigenvalue weighted by atomic mass is 10.1. The van der Waals surface area contributed by atoms with Gasteiger partial charge in [-0.2, -0.15) is 13.2 Å². The van der Waals surface area contributed by atoms with E-state index >= 15 is 0 Å². The van der Waals surface area contributed by atoms with Gasteiger partial charge in [0.15, 0.2) is 0 Å². The third-order valence-electron chi connectivity index (χ3n) is 2.76. The van der Waals surface area contributed by atoms with Crippen molar-refractivity contribution < 1.29 is 13.2 Å². The maximum Gasteiger partial charge on any atom is 0.416 e. The van der Waals surface area contributed by atoms with Crippen molar-refractivity contribution >= 4 is 17.1 Å². The molecule has 0 N–H and O–H groups in total. The molecule has 1 aliphatic heterocycles.